The number of fused-ring (bicyclic) bond motifs is 1. The molecule has 3 rings (SSSR count). The van der Waals surface area contributed by atoms with Crippen molar-refractivity contribution >= 4 is 28.6 Å². The average molecular weight is 424 g/mol. The number of rotatable bonds is 8. The molecule has 0 fully saturated rings. The summed E-state index contributed by atoms with van der Waals surface area (Å²) in [6, 6.07) is 15.5. The fourth-order valence-corrected chi connectivity index (χ4v) is 4.03. The van der Waals surface area contributed by atoms with Gasteiger partial charge >= 0.3 is 0 Å². The van der Waals surface area contributed by atoms with Gasteiger partial charge in [0, 0.05) is 13.1 Å². The van der Waals surface area contributed by atoms with E-state index in [2.05, 4.69) is 19.2 Å². The zero-order chi connectivity index (χ0) is 21.7. The van der Waals surface area contributed by atoms with Gasteiger partial charge in [-0.2, -0.15) is 0 Å². The molecule has 2 aromatic carbocycles. The number of aromatic nitrogens is 2. The van der Waals surface area contributed by atoms with Gasteiger partial charge in [0.2, 0.25) is 5.91 Å². The van der Waals surface area contributed by atoms with Gasteiger partial charge in [-0.15, -0.1) is 0 Å². The van der Waals surface area contributed by atoms with Crippen LogP contribution in [0.2, 0.25) is 0 Å². The van der Waals surface area contributed by atoms with Crippen LogP contribution in [0.1, 0.15) is 38.3 Å². The van der Waals surface area contributed by atoms with Gasteiger partial charge in [0.25, 0.3) is 5.56 Å². The van der Waals surface area contributed by atoms with Gasteiger partial charge in [-0.3, -0.25) is 14.2 Å². The Balaban J connectivity index is 1.78. The number of thioether (sulfide) groups is 1. The quantitative estimate of drug-likeness (QED) is 0.426. The summed E-state index contributed by atoms with van der Waals surface area (Å²) in [5.41, 5.74) is 2.87. The van der Waals surface area contributed by atoms with Crippen LogP contribution in [0.5, 0.6) is 0 Å². The maximum atomic E-state index is 13.1. The number of para-hydroxylation sites is 1. The van der Waals surface area contributed by atoms with Crippen LogP contribution in [0.4, 0.5) is 0 Å². The zero-order valence-electron chi connectivity index (χ0n) is 18.0. The third kappa shape index (κ3) is 5.51. The topological polar surface area (TPSA) is 64.0 Å². The Morgan fingerprint density at radius 3 is 2.50 bits per heavy atom. The number of nitrogens with zero attached hydrogens (tertiary/aromatic N) is 2. The fourth-order valence-electron chi connectivity index (χ4n) is 3.07. The van der Waals surface area contributed by atoms with E-state index in [1.165, 1.54) is 17.3 Å². The van der Waals surface area contributed by atoms with Gasteiger partial charge in [0.1, 0.15) is 0 Å². The smallest absolute Gasteiger partial charge is 0.262 e. The fraction of sp³-hybridized carbons (Fsp3) is 0.375. The van der Waals surface area contributed by atoms with Crippen molar-refractivity contribution in [1.82, 2.24) is 14.9 Å². The predicted octanol–water partition coefficient (Wildman–Crippen LogP) is 4.55. The minimum Gasteiger partial charge on any atom is -0.351 e. The number of hydrogen-bond acceptors (Lipinski definition) is 4. The molecule has 6 heteroatoms. The van der Waals surface area contributed by atoms with Crippen LogP contribution < -0.4 is 10.9 Å². The maximum Gasteiger partial charge on any atom is 0.262 e. The standard InChI is InChI=1S/C24H29N3O2S/c1-16(2)13-14-27-23(29)20-7-5-6-8-21(20)26-24(27)30-18(4)22(28)25-15-19-11-9-17(3)10-12-19/h5-12,16,18H,13-15H2,1-4H3,(H,25,28)/t18-/m1/s1. The summed E-state index contributed by atoms with van der Waals surface area (Å²) >= 11 is 1.34. The second-order valence-corrected chi connectivity index (χ2v) is 9.32. The molecule has 158 valence electrons. The number of nitrogens with one attached hydrogen (secondary N) is 1. The number of carbonyl (C=O) groups is 1. The molecule has 0 bridgehead atoms. The third-order valence-corrected chi connectivity index (χ3v) is 6.09. The number of aryl methyl sites for hydroxylation is 1. The molecule has 1 atom stereocenters. The molecule has 1 amide bonds. The van der Waals surface area contributed by atoms with Crippen molar-refractivity contribution in [3.05, 3.63) is 70.0 Å². The van der Waals surface area contributed by atoms with Crippen molar-refractivity contribution in [2.24, 2.45) is 5.92 Å². The van der Waals surface area contributed by atoms with Crippen LogP contribution in [0.25, 0.3) is 10.9 Å². The first-order chi connectivity index (χ1) is 14.3. The number of benzene rings is 2. The van der Waals surface area contributed by atoms with E-state index >= 15 is 0 Å². The second kappa shape index (κ2) is 9.94. The van der Waals surface area contributed by atoms with E-state index in [1.807, 2.05) is 62.4 Å². The zero-order valence-corrected chi connectivity index (χ0v) is 18.8. The van der Waals surface area contributed by atoms with Crippen LogP contribution in [0.15, 0.2) is 58.5 Å². The summed E-state index contributed by atoms with van der Waals surface area (Å²) in [7, 11) is 0. The van der Waals surface area contributed by atoms with Gasteiger partial charge < -0.3 is 5.32 Å². The normalized spacial score (nSPS) is 12.3. The van der Waals surface area contributed by atoms with Gasteiger partial charge in [-0.1, -0.05) is 67.6 Å². The van der Waals surface area contributed by atoms with E-state index in [0.29, 0.717) is 35.1 Å². The Bertz CT molecular complexity index is 1070. The van der Waals surface area contributed by atoms with Crippen molar-refractivity contribution in [3.8, 4) is 0 Å². The van der Waals surface area contributed by atoms with Crippen LogP contribution in [0.3, 0.4) is 0 Å². The Hall–Kier alpha value is -2.60. The molecule has 3 aromatic rings. The molecule has 0 aliphatic carbocycles. The first-order valence-electron chi connectivity index (χ1n) is 10.3. The second-order valence-electron chi connectivity index (χ2n) is 8.01. The summed E-state index contributed by atoms with van der Waals surface area (Å²) in [6.45, 7) is 9.23. The minimum absolute atomic E-state index is 0.0454. The van der Waals surface area contributed by atoms with Gasteiger partial charge in [-0.05, 0) is 43.9 Å². The Kier molecular flexibility index (Phi) is 7.32. The SMILES string of the molecule is Cc1ccc(CNC(=O)[C@@H](C)Sc2nc3ccccc3c(=O)n2CCC(C)C)cc1. The number of carbonyl (C=O) groups excluding carboxylic acids is 1. The summed E-state index contributed by atoms with van der Waals surface area (Å²) in [5, 5.41) is 3.83. The minimum atomic E-state index is -0.367. The van der Waals surface area contributed by atoms with Crippen LogP contribution >= 0.6 is 11.8 Å². The lowest BCUT2D eigenvalue weighted by atomic mass is 10.1. The average Bonchev–Trinajstić information content (AvgIpc) is 2.72. The van der Waals surface area contributed by atoms with Crippen LogP contribution in [-0.4, -0.2) is 20.7 Å². The Morgan fingerprint density at radius 2 is 1.80 bits per heavy atom. The lowest BCUT2D eigenvalue weighted by Crippen LogP contribution is -2.31. The first kappa shape index (κ1) is 22.1. The van der Waals surface area contributed by atoms with E-state index < -0.39 is 0 Å². The number of amides is 1. The molecule has 1 N–H and O–H groups in total. The summed E-state index contributed by atoms with van der Waals surface area (Å²) < 4.78 is 1.72. The molecule has 1 aromatic heterocycles. The predicted molar refractivity (Wildman–Crippen MR) is 124 cm³/mol. The molecule has 0 spiro atoms. The molecule has 0 aliphatic heterocycles. The van der Waals surface area contributed by atoms with Gasteiger partial charge in [0.15, 0.2) is 5.16 Å². The summed E-state index contributed by atoms with van der Waals surface area (Å²) in [5.74, 6) is 0.398. The maximum absolute atomic E-state index is 13.1. The molecular formula is C24H29N3O2S. The monoisotopic (exact) mass is 423 g/mol. The largest absolute Gasteiger partial charge is 0.351 e. The highest BCUT2D eigenvalue weighted by atomic mass is 32.2. The van der Waals surface area contributed by atoms with E-state index in [4.69, 9.17) is 4.98 Å². The first-order valence-corrected chi connectivity index (χ1v) is 11.2. The molecule has 1 heterocycles. The third-order valence-electron chi connectivity index (χ3n) is 5.00. The lowest BCUT2D eigenvalue weighted by molar-refractivity contribution is -0.120. The van der Waals surface area contributed by atoms with E-state index in [9.17, 15) is 9.59 Å². The van der Waals surface area contributed by atoms with Crippen molar-refractivity contribution in [1.29, 1.82) is 0 Å². The molecule has 5 nitrogen and oxygen atoms in total. The van der Waals surface area contributed by atoms with Crippen LogP contribution in [0, 0.1) is 12.8 Å². The van der Waals surface area contributed by atoms with Gasteiger partial charge in [0.05, 0.1) is 16.2 Å². The van der Waals surface area contributed by atoms with Crippen molar-refractivity contribution in [2.45, 2.75) is 57.6 Å². The molecule has 0 radical (unpaired) electrons. The Morgan fingerprint density at radius 1 is 1.10 bits per heavy atom. The van der Waals surface area contributed by atoms with Crippen molar-refractivity contribution in [2.75, 3.05) is 0 Å². The Labute approximate surface area is 181 Å². The molecule has 30 heavy (non-hydrogen) atoms. The van der Waals surface area contributed by atoms with E-state index in [-0.39, 0.29) is 16.7 Å². The van der Waals surface area contributed by atoms with E-state index in [0.717, 1.165) is 12.0 Å². The highest BCUT2D eigenvalue weighted by molar-refractivity contribution is 8.00. The summed E-state index contributed by atoms with van der Waals surface area (Å²) in [6.07, 6.45) is 0.876. The highest BCUT2D eigenvalue weighted by Crippen LogP contribution is 2.23. The molecule has 0 saturated heterocycles. The van der Waals surface area contributed by atoms with Crippen molar-refractivity contribution in [3.63, 3.8) is 0 Å². The molecule has 0 saturated carbocycles. The molecular weight excluding hydrogens is 394 g/mol. The van der Waals surface area contributed by atoms with Crippen molar-refractivity contribution < 1.29 is 4.79 Å². The van der Waals surface area contributed by atoms with Gasteiger partial charge in [-0.25, -0.2) is 4.98 Å². The number of hydrogen-bond donors (Lipinski definition) is 1. The lowest BCUT2D eigenvalue weighted by Gasteiger charge is -2.17. The van der Waals surface area contributed by atoms with E-state index in [1.54, 1.807) is 4.57 Å². The van der Waals surface area contributed by atoms with Crippen LogP contribution in [-0.2, 0) is 17.9 Å². The molecule has 0 unspecified atom stereocenters. The molecule has 0 aliphatic rings. The highest BCUT2D eigenvalue weighted by Gasteiger charge is 2.19. The summed E-state index contributed by atoms with van der Waals surface area (Å²) in [4.78, 5) is 30.4.